The van der Waals surface area contributed by atoms with Crippen LogP contribution in [0.3, 0.4) is 0 Å². The largest absolute Gasteiger partial charge is 0.383 e. The summed E-state index contributed by atoms with van der Waals surface area (Å²) in [5.74, 6) is 0.257. The van der Waals surface area contributed by atoms with Gasteiger partial charge in [-0.2, -0.15) is 0 Å². The number of piperazine rings is 1. The zero-order valence-electron chi connectivity index (χ0n) is 22.9. The molecule has 0 radical (unpaired) electrons. The summed E-state index contributed by atoms with van der Waals surface area (Å²) in [6.45, 7) is 7.50. The molecule has 1 aliphatic rings. The van der Waals surface area contributed by atoms with E-state index in [-0.39, 0.29) is 24.2 Å². The summed E-state index contributed by atoms with van der Waals surface area (Å²) in [4.78, 5) is 46.7. The van der Waals surface area contributed by atoms with Crippen molar-refractivity contribution < 1.29 is 19.2 Å². The van der Waals surface area contributed by atoms with Gasteiger partial charge in [0.1, 0.15) is 10.7 Å². The standard InChI is InChI=1S/C28H34N6O5S/c1-20(2)21-4-6-22(7-5-21)29-28(36)33(16-17-39-3)18-26-30-25(19-40-26)27(35)32-14-12-31(13-15-32)23-8-10-24(11-9-23)34(37)38/h4-11,19-20H,12-18H2,1-3H3,(H,29,36). The van der Waals surface area contributed by atoms with Gasteiger partial charge in [-0.15, -0.1) is 11.3 Å². The van der Waals surface area contributed by atoms with Crippen LogP contribution in [-0.4, -0.2) is 78.1 Å². The number of thiazole rings is 1. The second-order valence-electron chi connectivity index (χ2n) is 9.80. The van der Waals surface area contributed by atoms with Crippen LogP contribution in [0.1, 0.15) is 40.8 Å². The summed E-state index contributed by atoms with van der Waals surface area (Å²) in [5.41, 5.74) is 3.20. The fraction of sp³-hybridized carbons (Fsp3) is 0.393. The third kappa shape index (κ3) is 7.33. The van der Waals surface area contributed by atoms with Crippen molar-refractivity contribution in [1.29, 1.82) is 0 Å². The fourth-order valence-electron chi connectivity index (χ4n) is 4.37. The molecule has 11 nitrogen and oxygen atoms in total. The molecule has 1 saturated heterocycles. The fourth-order valence-corrected chi connectivity index (χ4v) is 5.15. The van der Waals surface area contributed by atoms with Crippen LogP contribution in [0.5, 0.6) is 0 Å². The molecule has 3 aromatic rings. The van der Waals surface area contributed by atoms with E-state index >= 15 is 0 Å². The number of carbonyl (C=O) groups is 2. The Kier molecular flexibility index (Phi) is 9.67. The molecule has 2 heterocycles. The number of ether oxygens (including phenoxy) is 1. The third-order valence-electron chi connectivity index (χ3n) is 6.77. The molecule has 12 heteroatoms. The number of hydrogen-bond acceptors (Lipinski definition) is 8. The normalized spacial score (nSPS) is 13.4. The van der Waals surface area contributed by atoms with Crippen molar-refractivity contribution in [2.75, 3.05) is 56.7 Å². The minimum Gasteiger partial charge on any atom is -0.383 e. The van der Waals surface area contributed by atoms with Crippen LogP contribution in [-0.2, 0) is 11.3 Å². The molecule has 0 saturated carbocycles. The van der Waals surface area contributed by atoms with Crippen molar-refractivity contribution >= 4 is 40.3 Å². The number of benzene rings is 2. The topological polar surface area (TPSA) is 121 Å². The molecule has 4 rings (SSSR count). The van der Waals surface area contributed by atoms with Gasteiger partial charge in [0.05, 0.1) is 18.1 Å². The van der Waals surface area contributed by atoms with Gasteiger partial charge in [0.15, 0.2) is 0 Å². The van der Waals surface area contributed by atoms with Crippen molar-refractivity contribution in [3.05, 3.63) is 80.3 Å². The Bertz CT molecular complexity index is 1300. The maximum atomic E-state index is 13.1. The summed E-state index contributed by atoms with van der Waals surface area (Å²) < 4.78 is 5.20. The second-order valence-corrected chi connectivity index (χ2v) is 10.7. The van der Waals surface area contributed by atoms with Gasteiger partial charge in [0.2, 0.25) is 0 Å². The predicted octanol–water partition coefficient (Wildman–Crippen LogP) is 4.82. The van der Waals surface area contributed by atoms with Gasteiger partial charge < -0.3 is 24.8 Å². The maximum Gasteiger partial charge on any atom is 0.322 e. The number of methoxy groups -OCH3 is 1. The lowest BCUT2D eigenvalue weighted by Crippen LogP contribution is -2.48. The molecular weight excluding hydrogens is 532 g/mol. The summed E-state index contributed by atoms with van der Waals surface area (Å²) in [6, 6.07) is 14.0. The smallest absolute Gasteiger partial charge is 0.322 e. The number of hydrogen-bond donors (Lipinski definition) is 1. The molecule has 1 N–H and O–H groups in total. The first-order valence-electron chi connectivity index (χ1n) is 13.1. The molecule has 0 bridgehead atoms. The molecule has 3 amide bonds. The lowest BCUT2D eigenvalue weighted by molar-refractivity contribution is -0.384. The molecule has 2 aromatic carbocycles. The summed E-state index contributed by atoms with van der Waals surface area (Å²) in [5, 5.41) is 16.2. The van der Waals surface area contributed by atoms with Gasteiger partial charge in [-0.25, -0.2) is 9.78 Å². The van der Waals surface area contributed by atoms with E-state index in [1.165, 1.54) is 29.0 Å². The van der Waals surface area contributed by atoms with E-state index in [4.69, 9.17) is 4.74 Å². The quantitative estimate of drug-likeness (QED) is 0.276. The number of anilines is 2. The van der Waals surface area contributed by atoms with E-state index in [0.29, 0.717) is 61.6 Å². The summed E-state index contributed by atoms with van der Waals surface area (Å²) in [7, 11) is 1.59. The number of rotatable bonds is 10. The molecule has 0 unspecified atom stereocenters. The molecule has 212 valence electrons. The number of nitro benzene ring substituents is 1. The van der Waals surface area contributed by atoms with Gasteiger partial charge in [0, 0.05) is 68.7 Å². The number of nitrogens with one attached hydrogen (secondary N) is 1. The lowest BCUT2D eigenvalue weighted by atomic mass is 10.0. The first kappa shape index (κ1) is 29.0. The van der Waals surface area contributed by atoms with Gasteiger partial charge >= 0.3 is 6.03 Å². The van der Waals surface area contributed by atoms with Crippen LogP contribution in [0.4, 0.5) is 21.9 Å². The molecule has 40 heavy (non-hydrogen) atoms. The van der Waals surface area contributed by atoms with Gasteiger partial charge in [-0.3, -0.25) is 14.9 Å². The van der Waals surface area contributed by atoms with Crippen molar-refractivity contribution in [3.8, 4) is 0 Å². The number of non-ortho nitro benzene ring substituents is 1. The Morgan fingerprint density at radius 1 is 1.10 bits per heavy atom. The Labute approximate surface area is 237 Å². The van der Waals surface area contributed by atoms with Crippen LogP contribution in [0.2, 0.25) is 0 Å². The van der Waals surface area contributed by atoms with Gasteiger partial charge in [-0.05, 0) is 35.7 Å². The lowest BCUT2D eigenvalue weighted by Gasteiger charge is -2.35. The number of amides is 3. The highest BCUT2D eigenvalue weighted by Gasteiger charge is 2.25. The first-order valence-corrected chi connectivity index (χ1v) is 14.0. The van der Waals surface area contributed by atoms with Crippen LogP contribution < -0.4 is 10.2 Å². The number of carbonyl (C=O) groups excluding carboxylic acids is 2. The van der Waals surface area contributed by atoms with E-state index in [1.54, 1.807) is 34.4 Å². The molecule has 0 atom stereocenters. The van der Waals surface area contributed by atoms with E-state index in [0.717, 1.165) is 5.69 Å². The Balaban J connectivity index is 1.34. The Morgan fingerprint density at radius 2 is 1.77 bits per heavy atom. The average molecular weight is 567 g/mol. The maximum absolute atomic E-state index is 13.1. The Hall–Kier alpha value is -4.03. The highest BCUT2D eigenvalue weighted by Crippen LogP contribution is 2.22. The minimum atomic E-state index is -0.419. The molecular formula is C28H34N6O5S. The number of aromatic nitrogens is 1. The zero-order chi connectivity index (χ0) is 28.6. The first-order chi connectivity index (χ1) is 19.2. The monoisotopic (exact) mass is 566 g/mol. The van der Waals surface area contributed by atoms with E-state index in [9.17, 15) is 19.7 Å². The van der Waals surface area contributed by atoms with Gasteiger partial charge in [0.25, 0.3) is 11.6 Å². The number of nitro groups is 1. The number of urea groups is 1. The summed E-state index contributed by atoms with van der Waals surface area (Å²) >= 11 is 1.35. The molecule has 1 aliphatic heterocycles. The van der Waals surface area contributed by atoms with Crippen LogP contribution in [0.15, 0.2) is 53.9 Å². The van der Waals surface area contributed by atoms with Crippen LogP contribution >= 0.6 is 11.3 Å². The number of nitrogens with zero attached hydrogens (tertiary/aromatic N) is 5. The molecule has 1 fully saturated rings. The molecule has 1 aromatic heterocycles. The van der Waals surface area contributed by atoms with Crippen molar-refractivity contribution in [1.82, 2.24) is 14.8 Å². The third-order valence-corrected chi connectivity index (χ3v) is 7.60. The van der Waals surface area contributed by atoms with Crippen molar-refractivity contribution in [2.45, 2.75) is 26.3 Å². The highest BCUT2D eigenvalue weighted by molar-refractivity contribution is 7.09. The van der Waals surface area contributed by atoms with Crippen molar-refractivity contribution in [2.24, 2.45) is 0 Å². The Morgan fingerprint density at radius 3 is 2.38 bits per heavy atom. The SMILES string of the molecule is COCCN(Cc1nc(C(=O)N2CCN(c3ccc([N+](=O)[O-])cc3)CC2)cs1)C(=O)Nc1ccc(C(C)C)cc1. The minimum absolute atomic E-state index is 0.0514. The summed E-state index contributed by atoms with van der Waals surface area (Å²) in [6.07, 6.45) is 0. The molecule has 0 spiro atoms. The molecule has 0 aliphatic carbocycles. The van der Waals surface area contributed by atoms with E-state index in [2.05, 4.69) is 29.0 Å². The predicted molar refractivity (Wildman–Crippen MR) is 155 cm³/mol. The second kappa shape index (κ2) is 13.4. The van der Waals surface area contributed by atoms with Crippen LogP contribution in [0.25, 0.3) is 0 Å². The zero-order valence-corrected chi connectivity index (χ0v) is 23.7. The average Bonchev–Trinajstić information content (AvgIpc) is 3.44. The van der Waals surface area contributed by atoms with E-state index in [1.807, 2.05) is 24.3 Å². The highest BCUT2D eigenvalue weighted by atomic mass is 32.1. The van der Waals surface area contributed by atoms with Crippen molar-refractivity contribution in [3.63, 3.8) is 0 Å². The van der Waals surface area contributed by atoms with E-state index < -0.39 is 4.92 Å². The van der Waals surface area contributed by atoms with Gasteiger partial charge in [-0.1, -0.05) is 26.0 Å². The van der Waals surface area contributed by atoms with Crippen LogP contribution in [0, 0.1) is 10.1 Å².